The van der Waals surface area contributed by atoms with Crippen LogP contribution in [0.5, 0.6) is 5.75 Å². The van der Waals surface area contributed by atoms with E-state index < -0.39 is 0 Å². The van der Waals surface area contributed by atoms with Crippen molar-refractivity contribution in [1.29, 1.82) is 0 Å². The summed E-state index contributed by atoms with van der Waals surface area (Å²) in [6.45, 7) is 1.82. The molecule has 0 unspecified atom stereocenters. The Morgan fingerprint density at radius 1 is 1.53 bits per heavy atom. The van der Waals surface area contributed by atoms with Crippen molar-refractivity contribution in [3.05, 3.63) is 28.8 Å². The molecule has 0 saturated carbocycles. The minimum Gasteiger partial charge on any atom is -0.496 e. The summed E-state index contributed by atoms with van der Waals surface area (Å²) in [6.07, 6.45) is 0.634. The van der Waals surface area contributed by atoms with Crippen molar-refractivity contribution in [3.8, 4) is 5.75 Å². The van der Waals surface area contributed by atoms with Crippen LogP contribution in [0.4, 0.5) is 0 Å². The van der Waals surface area contributed by atoms with E-state index in [0.29, 0.717) is 17.6 Å². The molecule has 0 fully saturated rings. The van der Waals surface area contributed by atoms with Crippen molar-refractivity contribution in [1.82, 2.24) is 0 Å². The summed E-state index contributed by atoms with van der Waals surface area (Å²) < 4.78 is 5.05. The number of hydrogen-bond acceptors (Lipinski definition) is 3. The maximum Gasteiger partial charge on any atom is 0.182 e. The summed E-state index contributed by atoms with van der Waals surface area (Å²) in [5.74, 6) is -0.0846. The van der Waals surface area contributed by atoms with E-state index in [1.54, 1.807) is 12.1 Å². The number of ketones is 1. The average molecular weight is 227 g/mol. The number of rotatable bonds is 4. The van der Waals surface area contributed by atoms with Gasteiger partial charge < -0.3 is 4.74 Å². The maximum absolute atomic E-state index is 11.5. The second-order valence-electron chi connectivity index (χ2n) is 3.11. The number of carbonyl (C=O) groups excluding carboxylic acids is 2. The van der Waals surface area contributed by atoms with E-state index in [4.69, 9.17) is 16.3 Å². The van der Waals surface area contributed by atoms with Crippen LogP contribution in [0, 0.1) is 6.92 Å². The molecule has 0 radical (unpaired) electrons. The highest BCUT2D eigenvalue weighted by Gasteiger charge is 2.16. The summed E-state index contributed by atoms with van der Waals surface area (Å²) >= 11 is 5.46. The zero-order valence-corrected chi connectivity index (χ0v) is 9.30. The van der Waals surface area contributed by atoms with Crippen molar-refractivity contribution in [3.63, 3.8) is 0 Å². The van der Waals surface area contributed by atoms with Crippen LogP contribution in [0.2, 0.25) is 0 Å². The van der Waals surface area contributed by atoms with E-state index in [9.17, 15) is 9.59 Å². The van der Waals surface area contributed by atoms with Gasteiger partial charge in [0.1, 0.15) is 5.75 Å². The summed E-state index contributed by atoms with van der Waals surface area (Å²) in [7, 11) is 1.45. The third-order valence-corrected chi connectivity index (χ3v) is 2.27. The lowest BCUT2D eigenvalue weighted by Gasteiger charge is -2.09. The first-order valence-corrected chi connectivity index (χ1v) is 4.90. The maximum atomic E-state index is 11.5. The van der Waals surface area contributed by atoms with Gasteiger partial charge in [0.25, 0.3) is 0 Å². The SMILES string of the molecule is COc1cc(C)cc(C=O)c1C(=O)CCl. The molecule has 15 heavy (non-hydrogen) atoms. The lowest BCUT2D eigenvalue weighted by Crippen LogP contribution is -2.08. The fourth-order valence-electron chi connectivity index (χ4n) is 1.40. The van der Waals surface area contributed by atoms with Crippen LogP contribution < -0.4 is 4.74 Å². The van der Waals surface area contributed by atoms with E-state index >= 15 is 0 Å². The van der Waals surface area contributed by atoms with Gasteiger partial charge in [0.05, 0.1) is 18.6 Å². The number of aldehydes is 1. The van der Waals surface area contributed by atoms with Crippen LogP contribution in [-0.2, 0) is 0 Å². The topological polar surface area (TPSA) is 43.4 Å². The summed E-state index contributed by atoms with van der Waals surface area (Å²) in [4.78, 5) is 22.3. The van der Waals surface area contributed by atoms with Crippen molar-refractivity contribution >= 4 is 23.7 Å². The van der Waals surface area contributed by atoms with E-state index in [1.165, 1.54) is 7.11 Å². The summed E-state index contributed by atoms with van der Waals surface area (Å²) in [6, 6.07) is 3.34. The number of ether oxygens (including phenoxy) is 1. The van der Waals surface area contributed by atoms with E-state index in [1.807, 2.05) is 6.92 Å². The van der Waals surface area contributed by atoms with Gasteiger partial charge in [-0.25, -0.2) is 0 Å². The smallest absolute Gasteiger partial charge is 0.182 e. The van der Waals surface area contributed by atoms with E-state index in [2.05, 4.69) is 0 Å². The molecule has 0 aliphatic carbocycles. The normalized spacial score (nSPS) is 9.80. The zero-order chi connectivity index (χ0) is 11.4. The van der Waals surface area contributed by atoms with Gasteiger partial charge in [-0.15, -0.1) is 11.6 Å². The molecule has 1 rings (SSSR count). The minimum atomic E-state index is -0.310. The quantitative estimate of drug-likeness (QED) is 0.449. The van der Waals surface area contributed by atoms with Crippen molar-refractivity contribution < 1.29 is 14.3 Å². The molecule has 3 nitrogen and oxygen atoms in total. The van der Waals surface area contributed by atoms with Crippen LogP contribution in [0.25, 0.3) is 0 Å². The van der Waals surface area contributed by atoms with Crippen LogP contribution >= 0.6 is 11.6 Å². The first kappa shape index (κ1) is 11.7. The fraction of sp³-hybridized carbons (Fsp3) is 0.273. The Bertz CT molecular complexity index is 399. The molecular weight excluding hydrogens is 216 g/mol. The highest BCUT2D eigenvalue weighted by molar-refractivity contribution is 6.31. The first-order chi connectivity index (χ1) is 7.13. The lowest BCUT2D eigenvalue weighted by molar-refractivity contribution is 0.101. The molecule has 0 atom stereocenters. The number of alkyl halides is 1. The Morgan fingerprint density at radius 3 is 2.67 bits per heavy atom. The number of halogens is 1. The highest BCUT2D eigenvalue weighted by Crippen LogP contribution is 2.24. The van der Waals surface area contributed by atoms with Gasteiger partial charge in [-0.3, -0.25) is 9.59 Å². The average Bonchev–Trinajstić information content (AvgIpc) is 2.26. The Balaban J connectivity index is 3.43. The largest absolute Gasteiger partial charge is 0.496 e. The van der Waals surface area contributed by atoms with Gasteiger partial charge in [-0.05, 0) is 24.6 Å². The molecule has 1 aromatic rings. The molecule has 0 N–H and O–H groups in total. The monoisotopic (exact) mass is 226 g/mol. The molecule has 1 aromatic carbocycles. The van der Waals surface area contributed by atoms with E-state index in [0.717, 1.165) is 5.56 Å². The Kier molecular flexibility index (Phi) is 3.86. The standard InChI is InChI=1S/C11H11ClO3/c1-7-3-8(6-13)11(9(14)5-12)10(4-7)15-2/h3-4,6H,5H2,1-2H3. The predicted molar refractivity (Wildman–Crippen MR) is 58.2 cm³/mol. The molecular formula is C11H11ClO3. The molecule has 0 heterocycles. The second-order valence-corrected chi connectivity index (χ2v) is 3.37. The van der Waals surface area contributed by atoms with Crippen LogP contribution in [0.1, 0.15) is 26.3 Å². The van der Waals surface area contributed by atoms with Gasteiger partial charge in [0, 0.05) is 5.56 Å². The molecule has 0 aromatic heterocycles. The van der Waals surface area contributed by atoms with Crippen LogP contribution in [0.15, 0.2) is 12.1 Å². The number of benzene rings is 1. The van der Waals surface area contributed by atoms with Gasteiger partial charge in [0.2, 0.25) is 0 Å². The number of aryl methyl sites for hydroxylation is 1. The zero-order valence-electron chi connectivity index (χ0n) is 8.54. The van der Waals surface area contributed by atoms with E-state index in [-0.39, 0.29) is 17.2 Å². The molecule has 0 amide bonds. The molecule has 4 heteroatoms. The van der Waals surface area contributed by atoms with Gasteiger partial charge in [0.15, 0.2) is 12.1 Å². The minimum absolute atomic E-state index is 0.166. The summed E-state index contributed by atoms with van der Waals surface area (Å²) in [5.41, 5.74) is 1.44. The number of Topliss-reactive ketones (excluding diaryl/α,β-unsaturated/α-hetero) is 1. The Labute approximate surface area is 93.0 Å². The molecule has 80 valence electrons. The predicted octanol–water partition coefficient (Wildman–Crippen LogP) is 2.24. The summed E-state index contributed by atoms with van der Waals surface area (Å²) in [5, 5.41) is 0. The molecule has 0 saturated heterocycles. The van der Waals surface area contributed by atoms with Crippen LogP contribution in [0.3, 0.4) is 0 Å². The molecule has 0 aliphatic heterocycles. The molecule has 0 bridgehead atoms. The molecule has 0 spiro atoms. The van der Waals surface area contributed by atoms with Crippen molar-refractivity contribution in [2.75, 3.05) is 13.0 Å². The van der Waals surface area contributed by atoms with Crippen LogP contribution in [-0.4, -0.2) is 25.1 Å². The van der Waals surface area contributed by atoms with Gasteiger partial charge in [-0.1, -0.05) is 0 Å². The molecule has 0 aliphatic rings. The Hall–Kier alpha value is -1.35. The van der Waals surface area contributed by atoms with Gasteiger partial charge in [-0.2, -0.15) is 0 Å². The number of methoxy groups -OCH3 is 1. The highest BCUT2D eigenvalue weighted by atomic mass is 35.5. The van der Waals surface area contributed by atoms with Crippen molar-refractivity contribution in [2.24, 2.45) is 0 Å². The fourth-order valence-corrected chi connectivity index (χ4v) is 1.53. The van der Waals surface area contributed by atoms with Crippen molar-refractivity contribution in [2.45, 2.75) is 6.92 Å². The first-order valence-electron chi connectivity index (χ1n) is 4.37. The second kappa shape index (κ2) is 4.94. The third-order valence-electron chi connectivity index (χ3n) is 2.02. The number of hydrogen-bond donors (Lipinski definition) is 0. The Morgan fingerprint density at radius 2 is 2.20 bits per heavy atom. The number of carbonyl (C=O) groups is 2. The van der Waals surface area contributed by atoms with Gasteiger partial charge >= 0.3 is 0 Å². The lowest BCUT2D eigenvalue weighted by atomic mass is 10.0. The third kappa shape index (κ3) is 2.36.